The minimum atomic E-state index is -2.99. The zero-order valence-corrected chi connectivity index (χ0v) is 8.92. The fourth-order valence-electron chi connectivity index (χ4n) is 1.02. The van der Waals surface area contributed by atoms with Crippen LogP contribution in [0.25, 0.3) is 5.57 Å². The van der Waals surface area contributed by atoms with Gasteiger partial charge in [-0.3, -0.25) is 4.98 Å². The van der Waals surface area contributed by atoms with E-state index in [9.17, 15) is 8.42 Å². The number of nitrogens with zero attached hydrogens (tertiary/aromatic N) is 1. The molecule has 76 valence electrons. The Morgan fingerprint density at radius 3 is 2.79 bits per heavy atom. The molecular formula is C10H13NO2S. The van der Waals surface area contributed by atoms with E-state index >= 15 is 0 Å². The van der Waals surface area contributed by atoms with Gasteiger partial charge in [0.15, 0.2) is 9.84 Å². The Labute approximate surface area is 84.4 Å². The highest BCUT2D eigenvalue weighted by atomic mass is 32.2. The van der Waals surface area contributed by atoms with Crippen LogP contribution >= 0.6 is 0 Å². The second-order valence-electron chi connectivity index (χ2n) is 3.02. The summed E-state index contributed by atoms with van der Waals surface area (Å²) < 4.78 is 22.6. The van der Waals surface area contributed by atoms with E-state index < -0.39 is 9.84 Å². The van der Waals surface area contributed by atoms with Crippen LogP contribution in [0.4, 0.5) is 0 Å². The van der Waals surface area contributed by atoms with Crippen molar-refractivity contribution in [3.05, 3.63) is 36.7 Å². The van der Waals surface area contributed by atoms with Gasteiger partial charge in [0.2, 0.25) is 0 Å². The molecule has 0 amide bonds. The first-order chi connectivity index (χ1) is 6.55. The van der Waals surface area contributed by atoms with Crippen LogP contribution in [0.15, 0.2) is 31.1 Å². The predicted octanol–water partition coefficient (Wildman–Crippen LogP) is 1.53. The zero-order chi connectivity index (χ0) is 10.6. The van der Waals surface area contributed by atoms with Crippen LogP contribution in [-0.2, 0) is 9.84 Å². The number of aromatic nitrogens is 1. The van der Waals surface area contributed by atoms with Crippen molar-refractivity contribution in [1.29, 1.82) is 0 Å². The van der Waals surface area contributed by atoms with Gasteiger partial charge in [-0.1, -0.05) is 19.6 Å². The van der Waals surface area contributed by atoms with Crippen molar-refractivity contribution >= 4 is 15.4 Å². The van der Waals surface area contributed by atoms with Gasteiger partial charge in [-0.2, -0.15) is 0 Å². The van der Waals surface area contributed by atoms with E-state index in [4.69, 9.17) is 0 Å². The molecule has 1 heterocycles. The molecule has 4 heteroatoms. The minimum Gasteiger partial charge on any atom is -0.264 e. The molecule has 0 radical (unpaired) electrons. The van der Waals surface area contributed by atoms with Crippen molar-refractivity contribution in [3.63, 3.8) is 0 Å². The summed E-state index contributed by atoms with van der Waals surface area (Å²) in [6.07, 6.45) is 3.26. The van der Waals surface area contributed by atoms with E-state index in [1.54, 1.807) is 31.5 Å². The van der Waals surface area contributed by atoms with Crippen molar-refractivity contribution in [2.75, 3.05) is 11.5 Å². The maximum atomic E-state index is 11.3. The number of sulfone groups is 1. The summed E-state index contributed by atoms with van der Waals surface area (Å²) in [6, 6.07) is 3.57. The van der Waals surface area contributed by atoms with E-state index in [2.05, 4.69) is 11.6 Å². The first-order valence-corrected chi connectivity index (χ1v) is 6.16. The fourth-order valence-corrected chi connectivity index (χ4v) is 1.92. The first kappa shape index (κ1) is 10.9. The topological polar surface area (TPSA) is 47.0 Å². The highest BCUT2D eigenvalue weighted by Crippen LogP contribution is 2.12. The molecule has 0 saturated heterocycles. The third-order valence-electron chi connectivity index (χ3n) is 1.90. The van der Waals surface area contributed by atoms with Crippen molar-refractivity contribution in [2.24, 2.45) is 0 Å². The highest BCUT2D eigenvalue weighted by molar-refractivity contribution is 7.91. The number of rotatable bonds is 4. The summed E-state index contributed by atoms with van der Waals surface area (Å²) >= 11 is 0. The Morgan fingerprint density at radius 1 is 1.57 bits per heavy atom. The molecule has 0 aliphatic rings. The molecule has 1 rings (SSSR count). The molecule has 0 atom stereocenters. The molecule has 0 N–H and O–H groups in total. The quantitative estimate of drug-likeness (QED) is 0.758. The summed E-state index contributed by atoms with van der Waals surface area (Å²) in [5.41, 5.74) is 1.38. The lowest BCUT2D eigenvalue weighted by molar-refractivity contribution is 0.600. The van der Waals surface area contributed by atoms with Gasteiger partial charge in [0, 0.05) is 18.1 Å². The molecule has 0 aliphatic heterocycles. The Balaban J connectivity index is 2.79. The van der Waals surface area contributed by atoms with Gasteiger partial charge >= 0.3 is 0 Å². The van der Waals surface area contributed by atoms with Crippen LogP contribution < -0.4 is 0 Å². The largest absolute Gasteiger partial charge is 0.264 e. The molecule has 0 aromatic carbocycles. The lowest BCUT2D eigenvalue weighted by Crippen LogP contribution is -2.09. The monoisotopic (exact) mass is 211 g/mol. The predicted molar refractivity (Wildman–Crippen MR) is 57.6 cm³/mol. The summed E-state index contributed by atoms with van der Waals surface area (Å²) in [6.45, 7) is 5.37. The highest BCUT2D eigenvalue weighted by Gasteiger charge is 2.10. The molecule has 0 fully saturated rings. The first-order valence-electron chi connectivity index (χ1n) is 4.34. The summed E-state index contributed by atoms with van der Waals surface area (Å²) in [7, 11) is -2.99. The van der Waals surface area contributed by atoms with Crippen molar-refractivity contribution < 1.29 is 8.42 Å². The minimum absolute atomic E-state index is 0.00912. The maximum Gasteiger partial charge on any atom is 0.154 e. The molecule has 14 heavy (non-hydrogen) atoms. The molecular weight excluding hydrogens is 198 g/mol. The van der Waals surface area contributed by atoms with Crippen LogP contribution in [0.2, 0.25) is 0 Å². The van der Waals surface area contributed by atoms with Crippen LogP contribution in [0.3, 0.4) is 0 Å². The number of hydrogen-bond acceptors (Lipinski definition) is 3. The van der Waals surface area contributed by atoms with Gasteiger partial charge in [-0.05, 0) is 17.2 Å². The van der Waals surface area contributed by atoms with Gasteiger partial charge in [-0.15, -0.1) is 0 Å². The van der Waals surface area contributed by atoms with E-state index in [0.29, 0.717) is 5.57 Å². The maximum absolute atomic E-state index is 11.3. The van der Waals surface area contributed by atoms with Gasteiger partial charge in [0.1, 0.15) is 0 Å². The Kier molecular flexibility index (Phi) is 3.41. The third-order valence-corrected chi connectivity index (χ3v) is 3.57. The molecule has 0 bridgehead atoms. The molecule has 1 aromatic heterocycles. The molecule has 0 spiro atoms. The SMILES string of the molecule is C=C(CS(=O)(=O)CC)c1cccnc1. The number of hydrogen-bond donors (Lipinski definition) is 0. The second-order valence-corrected chi connectivity index (χ2v) is 5.38. The van der Waals surface area contributed by atoms with Crippen LogP contribution in [0.1, 0.15) is 12.5 Å². The molecule has 1 aromatic rings. The third kappa shape index (κ3) is 2.96. The van der Waals surface area contributed by atoms with E-state index in [-0.39, 0.29) is 11.5 Å². The van der Waals surface area contributed by atoms with Gasteiger partial charge in [-0.25, -0.2) is 8.42 Å². The summed E-state index contributed by atoms with van der Waals surface area (Å²) in [5.74, 6) is 0.154. The molecule has 0 aliphatic carbocycles. The van der Waals surface area contributed by atoms with Crippen LogP contribution in [0.5, 0.6) is 0 Å². The fraction of sp³-hybridized carbons (Fsp3) is 0.300. The molecule has 0 saturated carbocycles. The molecule has 3 nitrogen and oxygen atoms in total. The second kappa shape index (κ2) is 4.37. The Morgan fingerprint density at radius 2 is 2.29 bits per heavy atom. The average Bonchev–Trinajstić information content (AvgIpc) is 2.19. The van der Waals surface area contributed by atoms with E-state index in [1.165, 1.54) is 0 Å². The average molecular weight is 211 g/mol. The zero-order valence-electron chi connectivity index (χ0n) is 8.10. The molecule has 0 unspecified atom stereocenters. The smallest absolute Gasteiger partial charge is 0.154 e. The number of pyridine rings is 1. The Bertz CT molecular complexity index is 409. The van der Waals surface area contributed by atoms with Crippen molar-refractivity contribution in [1.82, 2.24) is 4.98 Å². The Hall–Kier alpha value is -1.16. The van der Waals surface area contributed by atoms with Gasteiger partial charge in [0.25, 0.3) is 0 Å². The lowest BCUT2D eigenvalue weighted by Gasteiger charge is -2.04. The van der Waals surface area contributed by atoms with Crippen molar-refractivity contribution in [3.8, 4) is 0 Å². The normalized spacial score (nSPS) is 11.2. The van der Waals surface area contributed by atoms with E-state index in [1.807, 2.05) is 0 Å². The lowest BCUT2D eigenvalue weighted by atomic mass is 10.2. The van der Waals surface area contributed by atoms with Crippen LogP contribution in [0, 0.1) is 0 Å². The van der Waals surface area contributed by atoms with Gasteiger partial charge < -0.3 is 0 Å². The van der Waals surface area contributed by atoms with Crippen molar-refractivity contribution in [2.45, 2.75) is 6.92 Å². The summed E-state index contributed by atoms with van der Waals surface area (Å²) in [5, 5.41) is 0. The van der Waals surface area contributed by atoms with Crippen LogP contribution in [-0.4, -0.2) is 24.9 Å². The summed E-state index contributed by atoms with van der Waals surface area (Å²) in [4.78, 5) is 3.91. The standard InChI is InChI=1S/C10H13NO2S/c1-3-14(12,13)8-9(2)10-5-4-6-11-7-10/h4-7H,2-3,8H2,1H3. The van der Waals surface area contributed by atoms with E-state index in [0.717, 1.165) is 5.56 Å². The van der Waals surface area contributed by atoms with Gasteiger partial charge in [0.05, 0.1) is 5.75 Å².